The van der Waals surface area contributed by atoms with Crippen LogP contribution < -0.4 is 49.2 Å². The minimum Gasteiger partial charge on any atom is -0.102 e. The predicted octanol–water partition coefficient (Wildman–Crippen LogP) is 0.142. The fraction of sp³-hybridized carbons (Fsp3) is 0. The van der Waals surface area contributed by atoms with Gasteiger partial charge in [-0.15, -0.1) is 21.9 Å². The van der Waals surface area contributed by atoms with E-state index in [2.05, 4.69) is 222 Å². The SMILES string of the molecule is Bc1c(B)c(B)c(-c2c(B)c(B)c(B)c(-c3cc(-c4cccc(-c5ccc6ccc7cccc8ccc5c6c78)c4)cc(-c4ccc5ccc6cccc7ccc4c5c67)c3)c2B)c(B)c1B. The molecule has 0 saturated carbocycles. The molecule has 12 aromatic rings. The highest BCUT2D eigenvalue weighted by Crippen LogP contribution is 2.43. The van der Waals surface area contributed by atoms with Crippen LogP contribution in [0.25, 0.3) is 120 Å². The van der Waals surface area contributed by atoms with E-state index in [-0.39, 0.29) is 0 Å². The molecule has 0 saturated heterocycles. The molecule has 12 rings (SSSR count). The molecule has 0 unspecified atom stereocenters. The van der Waals surface area contributed by atoms with E-state index in [0.717, 1.165) is 0 Å². The zero-order valence-electron chi connectivity index (χ0n) is 38.9. The highest BCUT2D eigenvalue weighted by atomic mass is 14.2. The van der Waals surface area contributed by atoms with Crippen molar-refractivity contribution in [3.05, 3.63) is 152 Å². The standard InChI is InChI=1S/C56H43B9/c57-48-45(49(58)53(62)50(59)46(48)47-51(60)54(63)56(65)55(64)52(47)61)36-24-34(23-35(25-36)38-19-15-31-13-11-27-5-2-7-29-17-21-40(38)44(31)42(27)29)32-8-3-9-33(22-32)37-18-14-30-12-10-26-4-1-6-28-16-20-39(37)43(30)41(26)28/h1-25H,57-65H2. The van der Waals surface area contributed by atoms with Crippen molar-refractivity contribution in [1.82, 2.24) is 0 Å². The van der Waals surface area contributed by atoms with E-state index >= 15 is 0 Å². The molecule has 65 heavy (non-hydrogen) atoms. The summed E-state index contributed by atoms with van der Waals surface area (Å²) < 4.78 is 0. The van der Waals surface area contributed by atoms with Gasteiger partial charge >= 0.3 is 0 Å². The van der Waals surface area contributed by atoms with E-state index in [4.69, 9.17) is 0 Å². The lowest BCUT2D eigenvalue weighted by atomic mass is 9.56. The molecular weight excluding hydrogens is 770 g/mol. The van der Waals surface area contributed by atoms with E-state index < -0.39 is 0 Å². The average Bonchev–Trinajstić information content (AvgIpc) is 3.34. The van der Waals surface area contributed by atoms with Crippen LogP contribution in [0.5, 0.6) is 0 Å². The molecule has 0 heterocycles. The molecule has 0 bridgehead atoms. The molecule has 0 spiro atoms. The zero-order chi connectivity index (χ0) is 44.6. The van der Waals surface area contributed by atoms with E-state index in [1.54, 1.807) is 0 Å². The van der Waals surface area contributed by atoms with Crippen molar-refractivity contribution < 1.29 is 0 Å². The monoisotopic (exact) mass is 814 g/mol. The van der Waals surface area contributed by atoms with Gasteiger partial charge in [-0.05, 0) is 145 Å². The number of hydrogen-bond donors (Lipinski definition) is 0. The first-order chi connectivity index (χ1) is 31.5. The smallest absolute Gasteiger partial charge is 0.102 e. The summed E-state index contributed by atoms with van der Waals surface area (Å²) in [5.74, 6) is 0. The molecule has 9 heteroatoms. The van der Waals surface area contributed by atoms with Gasteiger partial charge in [0.05, 0.1) is 0 Å². The lowest BCUT2D eigenvalue weighted by molar-refractivity contribution is 1.59. The summed E-state index contributed by atoms with van der Waals surface area (Å²) in [6.45, 7) is 0. The Morgan fingerprint density at radius 2 is 0.554 bits per heavy atom. The highest BCUT2D eigenvalue weighted by Gasteiger charge is 2.23. The van der Waals surface area contributed by atoms with E-state index in [1.165, 1.54) is 169 Å². The first-order valence-corrected chi connectivity index (χ1v) is 23.3. The van der Waals surface area contributed by atoms with Gasteiger partial charge in [-0.2, -0.15) is 0 Å². The lowest BCUT2D eigenvalue weighted by Gasteiger charge is -2.28. The summed E-state index contributed by atoms with van der Waals surface area (Å²) in [6.07, 6.45) is 0. The Morgan fingerprint density at radius 3 is 1.09 bits per heavy atom. The lowest BCUT2D eigenvalue weighted by Crippen LogP contribution is -2.57. The quantitative estimate of drug-likeness (QED) is 0.172. The Morgan fingerprint density at radius 1 is 0.215 bits per heavy atom. The maximum Gasteiger partial charge on any atom is 0.140 e. The summed E-state index contributed by atoms with van der Waals surface area (Å²) in [4.78, 5) is 0. The third-order valence-corrected chi connectivity index (χ3v) is 16.0. The molecule has 0 fully saturated rings. The van der Waals surface area contributed by atoms with Gasteiger partial charge in [0.2, 0.25) is 0 Å². The van der Waals surface area contributed by atoms with Crippen LogP contribution in [0.3, 0.4) is 0 Å². The molecule has 0 radical (unpaired) electrons. The maximum atomic E-state index is 2.49. The fourth-order valence-electron chi connectivity index (χ4n) is 12.0. The van der Waals surface area contributed by atoms with Gasteiger partial charge in [-0.3, -0.25) is 0 Å². The number of rotatable bonds is 5. The summed E-state index contributed by atoms with van der Waals surface area (Å²) in [6, 6.07) is 57.8. The Labute approximate surface area is 389 Å². The second kappa shape index (κ2) is 14.7. The van der Waals surface area contributed by atoms with Gasteiger partial charge in [0, 0.05) is 0 Å². The van der Waals surface area contributed by atoms with Gasteiger partial charge in [-0.1, -0.05) is 155 Å². The maximum absolute atomic E-state index is 2.49. The largest absolute Gasteiger partial charge is 0.140 e. The van der Waals surface area contributed by atoms with Crippen LogP contribution in [0.1, 0.15) is 0 Å². The molecule has 12 aromatic carbocycles. The van der Waals surface area contributed by atoms with Gasteiger partial charge in [0.25, 0.3) is 0 Å². The van der Waals surface area contributed by atoms with Gasteiger partial charge in [0.1, 0.15) is 70.6 Å². The second-order valence-electron chi connectivity index (χ2n) is 19.1. The van der Waals surface area contributed by atoms with Crippen LogP contribution in [0.2, 0.25) is 0 Å². The molecule has 0 N–H and O–H groups in total. The minimum absolute atomic E-state index is 1.21. The van der Waals surface area contributed by atoms with Crippen molar-refractivity contribution in [3.63, 3.8) is 0 Å². The van der Waals surface area contributed by atoms with E-state index in [9.17, 15) is 0 Å². The van der Waals surface area contributed by atoms with Gasteiger partial charge in [0.15, 0.2) is 0 Å². The molecular formula is C56H43B9. The van der Waals surface area contributed by atoms with Crippen LogP contribution >= 0.6 is 0 Å². The molecule has 0 aliphatic carbocycles. The topological polar surface area (TPSA) is 0 Å². The molecule has 0 atom stereocenters. The van der Waals surface area contributed by atoms with Crippen molar-refractivity contribution in [3.8, 4) is 55.6 Å². The molecule has 294 valence electrons. The van der Waals surface area contributed by atoms with Crippen molar-refractivity contribution >= 4 is 184 Å². The van der Waals surface area contributed by atoms with Crippen LogP contribution in [-0.4, -0.2) is 70.6 Å². The highest BCUT2D eigenvalue weighted by molar-refractivity contribution is 6.70. The average molecular weight is 813 g/mol. The van der Waals surface area contributed by atoms with Crippen LogP contribution in [0.15, 0.2) is 152 Å². The Bertz CT molecular complexity index is 3940. The van der Waals surface area contributed by atoms with Crippen LogP contribution in [0.4, 0.5) is 0 Å². The summed E-state index contributed by atoms with van der Waals surface area (Å²) in [5.41, 5.74) is 25.2. The Kier molecular flexibility index (Phi) is 8.99. The van der Waals surface area contributed by atoms with Crippen molar-refractivity contribution in [1.29, 1.82) is 0 Å². The third-order valence-electron chi connectivity index (χ3n) is 16.0. The van der Waals surface area contributed by atoms with Gasteiger partial charge < -0.3 is 0 Å². The zero-order valence-corrected chi connectivity index (χ0v) is 38.9. The molecule has 0 nitrogen and oxygen atoms in total. The van der Waals surface area contributed by atoms with Crippen LogP contribution in [0, 0.1) is 0 Å². The number of benzene rings is 12. The fourth-order valence-corrected chi connectivity index (χ4v) is 12.0. The Balaban J connectivity index is 1.13. The van der Waals surface area contributed by atoms with E-state index in [1.807, 2.05) is 0 Å². The summed E-state index contributed by atoms with van der Waals surface area (Å²) in [7, 11) is 21.0. The summed E-state index contributed by atoms with van der Waals surface area (Å²) in [5, 5.41) is 15.7. The first-order valence-electron chi connectivity index (χ1n) is 23.3. The summed E-state index contributed by atoms with van der Waals surface area (Å²) >= 11 is 0. The van der Waals surface area contributed by atoms with Crippen molar-refractivity contribution in [2.24, 2.45) is 0 Å². The predicted molar refractivity (Wildman–Crippen MR) is 315 cm³/mol. The molecule has 0 amide bonds. The van der Waals surface area contributed by atoms with Crippen LogP contribution in [-0.2, 0) is 0 Å². The molecule has 0 aromatic heterocycles. The van der Waals surface area contributed by atoms with Gasteiger partial charge in [-0.25, -0.2) is 0 Å². The third kappa shape index (κ3) is 5.84. The first kappa shape index (κ1) is 39.9. The molecule has 0 aliphatic rings. The van der Waals surface area contributed by atoms with Crippen molar-refractivity contribution in [2.45, 2.75) is 0 Å². The number of hydrogen-bond acceptors (Lipinski definition) is 0. The molecule has 0 aliphatic heterocycles. The normalized spacial score (nSPS) is 11.9. The van der Waals surface area contributed by atoms with Crippen molar-refractivity contribution in [2.75, 3.05) is 0 Å². The Hall–Kier alpha value is -6.70. The minimum atomic E-state index is 1.21. The van der Waals surface area contributed by atoms with E-state index in [0.29, 0.717) is 0 Å². The second-order valence-corrected chi connectivity index (χ2v) is 19.1.